The lowest BCUT2D eigenvalue weighted by molar-refractivity contribution is -0.116. The Balaban J connectivity index is 2.31. The normalized spacial score (nSPS) is 27.9. The van der Waals surface area contributed by atoms with Gasteiger partial charge in [0.15, 0.2) is 0 Å². The SMILES string of the molecule is CC(=O)C1CNCCS1. The number of ketones is 1. The third-order valence-corrected chi connectivity index (χ3v) is 2.72. The molecular formula is C6H11NOS. The first kappa shape index (κ1) is 7.09. The minimum absolute atomic E-state index is 0.221. The predicted molar refractivity (Wildman–Crippen MR) is 39.8 cm³/mol. The predicted octanol–water partition coefficient (Wildman–Crippen LogP) is 0.280. The molecule has 0 spiro atoms. The fraction of sp³-hybridized carbons (Fsp3) is 0.833. The molecule has 1 atom stereocenters. The van der Waals surface area contributed by atoms with E-state index in [0.717, 1.165) is 18.8 Å². The van der Waals surface area contributed by atoms with E-state index in [9.17, 15) is 4.79 Å². The lowest BCUT2D eigenvalue weighted by Crippen LogP contribution is -2.36. The third kappa shape index (κ3) is 1.99. The maximum atomic E-state index is 10.7. The van der Waals surface area contributed by atoms with Crippen LogP contribution in [0.2, 0.25) is 0 Å². The van der Waals surface area contributed by atoms with Crippen LogP contribution >= 0.6 is 11.8 Å². The molecule has 0 aromatic heterocycles. The van der Waals surface area contributed by atoms with Gasteiger partial charge in [-0.25, -0.2) is 0 Å². The number of thioether (sulfide) groups is 1. The largest absolute Gasteiger partial charge is 0.314 e. The second-order valence-electron chi connectivity index (χ2n) is 2.17. The standard InChI is InChI=1S/C6H11NOS/c1-5(8)6-4-7-2-3-9-6/h6-7H,2-4H2,1H3. The lowest BCUT2D eigenvalue weighted by atomic mass is 10.3. The molecule has 1 aliphatic rings. The molecule has 1 heterocycles. The average Bonchev–Trinajstić information content (AvgIpc) is 1.90. The molecule has 0 radical (unpaired) electrons. The van der Waals surface area contributed by atoms with E-state index >= 15 is 0 Å². The van der Waals surface area contributed by atoms with Crippen molar-refractivity contribution in [1.29, 1.82) is 0 Å². The maximum Gasteiger partial charge on any atom is 0.144 e. The van der Waals surface area contributed by atoms with E-state index in [1.54, 1.807) is 18.7 Å². The van der Waals surface area contributed by atoms with E-state index < -0.39 is 0 Å². The first-order chi connectivity index (χ1) is 4.30. The number of carbonyl (C=O) groups is 1. The summed E-state index contributed by atoms with van der Waals surface area (Å²) in [6, 6.07) is 0. The Bertz CT molecular complexity index is 110. The molecular weight excluding hydrogens is 134 g/mol. The highest BCUT2D eigenvalue weighted by Crippen LogP contribution is 2.13. The summed E-state index contributed by atoms with van der Waals surface area (Å²) in [5.41, 5.74) is 0. The van der Waals surface area contributed by atoms with Gasteiger partial charge in [0.1, 0.15) is 5.78 Å². The second-order valence-corrected chi connectivity index (χ2v) is 3.48. The van der Waals surface area contributed by atoms with Crippen LogP contribution in [0.15, 0.2) is 0 Å². The molecule has 0 aromatic rings. The Hall–Kier alpha value is -0.0200. The molecule has 1 rings (SSSR count). The van der Waals surface area contributed by atoms with E-state index in [1.807, 2.05) is 0 Å². The number of rotatable bonds is 1. The van der Waals surface area contributed by atoms with Crippen molar-refractivity contribution in [2.75, 3.05) is 18.8 Å². The van der Waals surface area contributed by atoms with Gasteiger partial charge in [0.05, 0.1) is 5.25 Å². The molecule has 0 aromatic carbocycles. The summed E-state index contributed by atoms with van der Waals surface area (Å²) in [5.74, 6) is 1.37. The average molecular weight is 145 g/mol. The van der Waals surface area contributed by atoms with Crippen molar-refractivity contribution in [3.8, 4) is 0 Å². The molecule has 0 saturated carbocycles. The highest BCUT2D eigenvalue weighted by Gasteiger charge is 2.16. The molecule has 0 aliphatic carbocycles. The summed E-state index contributed by atoms with van der Waals surface area (Å²) in [5, 5.41) is 3.40. The number of hydrogen-bond donors (Lipinski definition) is 1. The van der Waals surface area contributed by atoms with Crippen LogP contribution in [0, 0.1) is 0 Å². The van der Waals surface area contributed by atoms with Gasteiger partial charge < -0.3 is 5.32 Å². The highest BCUT2D eigenvalue weighted by atomic mass is 32.2. The van der Waals surface area contributed by atoms with Crippen LogP contribution in [0.3, 0.4) is 0 Å². The number of carbonyl (C=O) groups excluding carboxylic acids is 1. The maximum absolute atomic E-state index is 10.7. The summed E-state index contributed by atoms with van der Waals surface area (Å²) in [7, 11) is 0. The number of Topliss-reactive ketones (excluding diaryl/α,β-unsaturated/α-hetero) is 1. The third-order valence-electron chi connectivity index (χ3n) is 1.38. The van der Waals surface area contributed by atoms with Crippen LogP contribution in [-0.2, 0) is 4.79 Å². The fourth-order valence-electron chi connectivity index (χ4n) is 0.827. The van der Waals surface area contributed by atoms with Crippen LogP contribution in [0.4, 0.5) is 0 Å². The van der Waals surface area contributed by atoms with Gasteiger partial charge >= 0.3 is 0 Å². The van der Waals surface area contributed by atoms with E-state index in [-0.39, 0.29) is 5.25 Å². The molecule has 1 saturated heterocycles. The summed E-state index contributed by atoms with van der Waals surface area (Å²) in [6.07, 6.45) is 0. The second kappa shape index (κ2) is 3.22. The first-order valence-electron chi connectivity index (χ1n) is 3.13. The summed E-state index contributed by atoms with van der Waals surface area (Å²) < 4.78 is 0. The molecule has 2 nitrogen and oxygen atoms in total. The minimum Gasteiger partial charge on any atom is -0.314 e. The zero-order valence-corrected chi connectivity index (χ0v) is 6.33. The fourth-order valence-corrected chi connectivity index (χ4v) is 1.84. The Kier molecular flexibility index (Phi) is 2.54. The smallest absolute Gasteiger partial charge is 0.144 e. The van der Waals surface area contributed by atoms with E-state index in [2.05, 4.69) is 5.32 Å². The van der Waals surface area contributed by atoms with Crippen molar-refractivity contribution in [1.82, 2.24) is 5.32 Å². The molecule has 3 heteroatoms. The molecule has 1 N–H and O–H groups in total. The van der Waals surface area contributed by atoms with E-state index in [4.69, 9.17) is 0 Å². The Morgan fingerprint density at radius 3 is 2.89 bits per heavy atom. The Morgan fingerprint density at radius 2 is 2.56 bits per heavy atom. The van der Waals surface area contributed by atoms with Crippen molar-refractivity contribution in [3.05, 3.63) is 0 Å². The van der Waals surface area contributed by atoms with Gasteiger partial charge in [-0.3, -0.25) is 4.79 Å². The van der Waals surface area contributed by atoms with Gasteiger partial charge in [0.25, 0.3) is 0 Å². The zero-order chi connectivity index (χ0) is 6.69. The van der Waals surface area contributed by atoms with Gasteiger partial charge in [0.2, 0.25) is 0 Å². The zero-order valence-electron chi connectivity index (χ0n) is 5.52. The van der Waals surface area contributed by atoms with Gasteiger partial charge in [-0.05, 0) is 6.92 Å². The molecule has 1 unspecified atom stereocenters. The Labute approximate surface area is 59.4 Å². The molecule has 52 valence electrons. The quantitative estimate of drug-likeness (QED) is 0.574. The molecule has 0 amide bonds. The van der Waals surface area contributed by atoms with Crippen LogP contribution in [0.25, 0.3) is 0 Å². The van der Waals surface area contributed by atoms with Gasteiger partial charge in [-0.1, -0.05) is 0 Å². The molecule has 9 heavy (non-hydrogen) atoms. The lowest BCUT2D eigenvalue weighted by Gasteiger charge is -2.19. The van der Waals surface area contributed by atoms with Crippen molar-refractivity contribution in [2.24, 2.45) is 0 Å². The summed E-state index contributed by atoms with van der Waals surface area (Å²) in [4.78, 5) is 10.7. The van der Waals surface area contributed by atoms with Crippen molar-refractivity contribution in [2.45, 2.75) is 12.2 Å². The van der Waals surface area contributed by atoms with Gasteiger partial charge in [0, 0.05) is 18.8 Å². The van der Waals surface area contributed by atoms with E-state index in [0.29, 0.717) is 5.78 Å². The summed E-state index contributed by atoms with van der Waals surface area (Å²) in [6.45, 7) is 3.57. The topological polar surface area (TPSA) is 29.1 Å². The van der Waals surface area contributed by atoms with Crippen LogP contribution in [0.1, 0.15) is 6.92 Å². The Morgan fingerprint density at radius 1 is 1.78 bits per heavy atom. The minimum atomic E-state index is 0.221. The molecule has 1 fully saturated rings. The van der Waals surface area contributed by atoms with Gasteiger partial charge in [-0.2, -0.15) is 0 Å². The van der Waals surface area contributed by atoms with Crippen LogP contribution in [0.5, 0.6) is 0 Å². The van der Waals surface area contributed by atoms with Gasteiger partial charge in [-0.15, -0.1) is 11.8 Å². The first-order valence-corrected chi connectivity index (χ1v) is 4.18. The molecule has 1 aliphatic heterocycles. The van der Waals surface area contributed by atoms with E-state index in [1.165, 1.54) is 0 Å². The number of nitrogens with one attached hydrogen (secondary N) is 1. The van der Waals surface area contributed by atoms with Crippen LogP contribution in [-0.4, -0.2) is 29.9 Å². The highest BCUT2D eigenvalue weighted by molar-refractivity contribution is 8.00. The van der Waals surface area contributed by atoms with Crippen LogP contribution < -0.4 is 5.32 Å². The van der Waals surface area contributed by atoms with Crippen molar-refractivity contribution >= 4 is 17.5 Å². The number of hydrogen-bond acceptors (Lipinski definition) is 3. The molecule has 0 bridgehead atoms. The van der Waals surface area contributed by atoms with Crippen molar-refractivity contribution < 1.29 is 4.79 Å². The monoisotopic (exact) mass is 145 g/mol. The van der Waals surface area contributed by atoms with Crippen molar-refractivity contribution in [3.63, 3.8) is 0 Å². The summed E-state index contributed by atoms with van der Waals surface area (Å²) >= 11 is 1.76.